The van der Waals surface area contributed by atoms with Crippen molar-refractivity contribution in [2.24, 2.45) is 0 Å². The third kappa shape index (κ3) is 2.52. The van der Waals surface area contributed by atoms with Crippen LogP contribution >= 0.6 is 11.6 Å². The lowest BCUT2D eigenvalue weighted by Gasteiger charge is -2.35. The summed E-state index contributed by atoms with van der Waals surface area (Å²) in [5, 5.41) is 0.766. The third-order valence-electron chi connectivity index (χ3n) is 4.57. The Balaban J connectivity index is 1.57. The van der Waals surface area contributed by atoms with Gasteiger partial charge in [-0.2, -0.15) is 0 Å². The maximum Gasteiger partial charge on any atom is 0.128 e. The zero-order chi connectivity index (χ0) is 14.2. The van der Waals surface area contributed by atoms with Crippen molar-refractivity contribution in [1.29, 1.82) is 0 Å². The number of rotatable bonds is 2. The van der Waals surface area contributed by atoms with Crippen molar-refractivity contribution in [3.05, 3.63) is 47.6 Å². The van der Waals surface area contributed by atoms with Gasteiger partial charge in [-0.05, 0) is 36.2 Å². The fourth-order valence-corrected chi connectivity index (χ4v) is 3.50. The molecule has 0 radical (unpaired) electrons. The average Bonchev–Trinajstić information content (AvgIpc) is 2.90. The molecule has 4 rings (SSSR count). The standard InChI is InChI=1S/C17H18ClN3/c18-15-4-1-13(2-5-15)14-3-6-17(19-11-14)21-10-9-20-8-7-16(21)12-20/h1-6,11,16H,7-10,12H2. The number of fused-ring (bicyclic) bond motifs is 2. The van der Waals surface area contributed by atoms with Gasteiger partial charge in [0.25, 0.3) is 0 Å². The van der Waals surface area contributed by atoms with E-state index in [0.29, 0.717) is 6.04 Å². The van der Waals surface area contributed by atoms with E-state index in [9.17, 15) is 0 Å². The molecule has 2 aromatic rings. The Morgan fingerprint density at radius 2 is 1.76 bits per heavy atom. The highest BCUT2D eigenvalue weighted by Crippen LogP contribution is 2.27. The Morgan fingerprint density at radius 1 is 0.952 bits per heavy atom. The van der Waals surface area contributed by atoms with E-state index >= 15 is 0 Å². The number of halogens is 1. The molecule has 2 atom stereocenters. The van der Waals surface area contributed by atoms with Crippen LogP contribution in [0.4, 0.5) is 5.82 Å². The second-order valence-electron chi connectivity index (χ2n) is 5.85. The van der Waals surface area contributed by atoms with Gasteiger partial charge in [0.05, 0.1) is 0 Å². The number of pyridine rings is 1. The Labute approximate surface area is 130 Å². The summed E-state index contributed by atoms with van der Waals surface area (Å²) in [4.78, 5) is 9.70. The third-order valence-corrected chi connectivity index (χ3v) is 4.82. The molecule has 3 nitrogen and oxygen atoms in total. The summed E-state index contributed by atoms with van der Waals surface area (Å²) in [7, 11) is 0. The lowest BCUT2D eigenvalue weighted by Crippen LogP contribution is -2.47. The predicted molar refractivity (Wildman–Crippen MR) is 86.9 cm³/mol. The van der Waals surface area contributed by atoms with Crippen molar-refractivity contribution in [2.75, 3.05) is 31.1 Å². The van der Waals surface area contributed by atoms with E-state index in [4.69, 9.17) is 16.6 Å². The molecule has 4 heteroatoms. The highest BCUT2D eigenvalue weighted by atomic mass is 35.5. The molecule has 2 unspecified atom stereocenters. The second-order valence-corrected chi connectivity index (χ2v) is 6.28. The van der Waals surface area contributed by atoms with Gasteiger partial charge in [-0.25, -0.2) is 4.98 Å². The molecule has 2 fully saturated rings. The lowest BCUT2D eigenvalue weighted by atomic mass is 10.1. The Kier molecular flexibility index (Phi) is 3.32. The monoisotopic (exact) mass is 299 g/mol. The summed E-state index contributed by atoms with van der Waals surface area (Å²) in [6.07, 6.45) is 3.24. The lowest BCUT2D eigenvalue weighted by molar-refractivity contribution is 0.310. The van der Waals surface area contributed by atoms with E-state index in [-0.39, 0.29) is 0 Å². The first-order chi connectivity index (χ1) is 10.3. The molecule has 1 aromatic heterocycles. The molecule has 0 amide bonds. The SMILES string of the molecule is Clc1ccc(-c2ccc(N3CCN4CCC3C4)nc2)cc1. The van der Waals surface area contributed by atoms with Crippen molar-refractivity contribution in [3.63, 3.8) is 0 Å². The smallest absolute Gasteiger partial charge is 0.128 e. The van der Waals surface area contributed by atoms with Crippen molar-refractivity contribution in [3.8, 4) is 11.1 Å². The molecule has 2 aliphatic rings. The molecule has 21 heavy (non-hydrogen) atoms. The van der Waals surface area contributed by atoms with Gasteiger partial charge < -0.3 is 4.90 Å². The van der Waals surface area contributed by atoms with Gasteiger partial charge in [-0.1, -0.05) is 23.7 Å². The molecule has 2 bridgehead atoms. The summed E-state index contributed by atoms with van der Waals surface area (Å²) in [5.41, 5.74) is 2.30. The Bertz CT molecular complexity index is 623. The van der Waals surface area contributed by atoms with E-state index in [1.807, 2.05) is 30.5 Å². The minimum absolute atomic E-state index is 0.646. The van der Waals surface area contributed by atoms with E-state index in [1.54, 1.807) is 0 Å². The Hall–Kier alpha value is -1.58. The first-order valence-corrected chi connectivity index (χ1v) is 7.88. The van der Waals surface area contributed by atoms with Crippen molar-refractivity contribution < 1.29 is 0 Å². The van der Waals surface area contributed by atoms with Gasteiger partial charge in [-0.3, -0.25) is 4.90 Å². The van der Waals surface area contributed by atoms with E-state index in [2.05, 4.69) is 21.9 Å². The van der Waals surface area contributed by atoms with Crippen LogP contribution in [0.25, 0.3) is 11.1 Å². The van der Waals surface area contributed by atoms with Crippen LogP contribution in [0.15, 0.2) is 42.6 Å². The van der Waals surface area contributed by atoms with Gasteiger partial charge in [0, 0.05) is 49.0 Å². The summed E-state index contributed by atoms with van der Waals surface area (Å²) in [5.74, 6) is 1.11. The van der Waals surface area contributed by atoms with Crippen LogP contribution in [0.5, 0.6) is 0 Å². The quantitative estimate of drug-likeness (QED) is 0.848. The summed E-state index contributed by atoms with van der Waals surface area (Å²) in [6.45, 7) is 4.69. The summed E-state index contributed by atoms with van der Waals surface area (Å²) in [6, 6.07) is 12.9. The molecule has 0 aliphatic carbocycles. The second kappa shape index (κ2) is 5.32. The first kappa shape index (κ1) is 13.1. The highest BCUT2D eigenvalue weighted by Gasteiger charge is 2.32. The van der Waals surface area contributed by atoms with E-state index in [1.165, 1.54) is 19.5 Å². The van der Waals surface area contributed by atoms with Crippen molar-refractivity contribution in [1.82, 2.24) is 9.88 Å². The molecular formula is C17H18ClN3. The minimum Gasteiger partial charge on any atom is -0.351 e. The maximum atomic E-state index is 5.94. The number of anilines is 1. The zero-order valence-corrected chi connectivity index (χ0v) is 12.6. The molecule has 3 heterocycles. The zero-order valence-electron chi connectivity index (χ0n) is 11.9. The molecule has 2 aliphatic heterocycles. The van der Waals surface area contributed by atoms with Crippen molar-refractivity contribution in [2.45, 2.75) is 12.5 Å². The van der Waals surface area contributed by atoms with Crippen LogP contribution < -0.4 is 4.90 Å². The molecular weight excluding hydrogens is 282 g/mol. The number of aromatic nitrogens is 1. The summed E-state index contributed by atoms with van der Waals surface area (Å²) < 4.78 is 0. The fourth-order valence-electron chi connectivity index (χ4n) is 3.37. The van der Waals surface area contributed by atoms with Gasteiger partial charge in [0.2, 0.25) is 0 Å². The number of benzene rings is 1. The minimum atomic E-state index is 0.646. The average molecular weight is 300 g/mol. The topological polar surface area (TPSA) is 19.4 Å². The van der Waals surface area contributed by atoms with Crippen LogP contribution in [-0.2, 0) is 0 Å². The largest absolute Gasteiger partial charge is 0.351 e. The van der Waals surface area contributed by atoms with Crippen LogP contribution in [0.2, 0.25) is 5.02 Å². The first-order valence-electron chi connectivity index (χ1n) is 7.50. The molecule has 2 saturated heterocycles. The van der Waals surface area contributed by atoms with Gasteiger partial charge in [0.1, 0.15) is 5.82 Å². The summed E-state index contributed by atoms with van der Waals surface area (Å²) >= 11 is 5.94. The van der Waals surface area contributed by atoms with Crippen LogP contribution in [0.1, 0.15) is 6.42 Å². The number of nitrogens with zero attached hydrogens (tertiary/aromatic N) is 3. The van der Waals surface area contributed by atoms with Gasteiger partial charge in [0.15, 0.2) is 0 Å². The van der Waals surface area contributed by atoms with Crippen LogP contribution in [0, 0.1) is 0 Å². The van der Waals surface area contributed by atoms with Crippen LogP contribution in [-0.4, -0.2) is 42.1 Å². The molecule has 108 valence electrons. The molecule has 0 saturated carbocycles. The molecule has 0 N–H and O–H groups in total. The number of hydrogen-bond acceptors (Lipinski definition) is 3. The van der Waals surface area contributed by atoms with Crippen LogP contribution in [0.3, 0.4) is 0 Å². The highest BCUT2D eigenvalue weighted by molar-refractivity contribution is 6.30. The van der Waals surface area contributed by atoms with E-state index < -0.39 is 0 Å². The van der Waals surface area contributed by atoms with Gasteiger partial charge in [-0.15, -0.1) is 0 Å². The van der Waals surface area contributed by atoms with Gasteiger partial charge >= 0.3 is 0 Å². The predicted octanol–water partition coefficient (Wildman–Crippen LogP) is 3.30. The number of hydrogen-bond donors (Lipinski definition) is 0. The molecule has 0 spiro atoms. The molecule has 1 aromatic carbocycles. The van der Waals surface area contributed by atoms with E-state index in [0.717, 1.165) is 35.1 Å². The normalized spacial score (nSPS) is 24.3. The van der Waals surface area contributed by atoms with Crippen molar-refractivity contribution >= 4 is 17.4 Å². The maximum absolute atomic E-state index is 5.94. The Morgan fingerprint density at radius 3 is 2.52 bits per heavy atom. The number of piperazine rings is 1. The fraction of sp³-hybridized carbons (Fsp3) is 0.353.